The lowest BCUT2D eigenvalue weighted by atomic mass is 10.1. The Bertz CT molecular complexity index is 814. The molecule has 0 aromatic rings. The Labute approximate surface area is 309 Å². The van der Waals surface area contributed by atoms with Crippen molar-refractivity contribution in [1.82, 2.24) is 0 Å². The van der Waals surface area contributed by atoms with Gasteiger partial charge in [0.05, 0.1) is 72.7 Å². The van der Waals surface area contributed by atoms with Crippen LogP contribution >= 0.6 is 0 Å². The molecule has 51 heavy (non-hydrogen) atoms. The van der Waals surface area contributed by atoms with E-state index < -0.39 is 0 Å². The third kappa shape index (κ3) is 26.5. The van der Waals surface area contributed by atoms with Gasteiger partial charge in [-0.2, -0.15) is 0 Å². The molecule has 0 bridgehead atoms. The Morgan fingerprint density at radius 3 is 1.55 bits per heavy atom. The summed E-state index contributed by atoms with van der Waals surface area (Å²) >= 11 is 0. The van der Waals surface area contributed by atoms with Gasteiger partial charge in [0.1, 0.15) is 6.10 Å². The molecule has 2 heterocycles. The van der Waals surface area contributed by atoms with Crippen molar-refractivity contribution in [2.45, 2.75) is 121 Å². The van der Waals surface area contributed by atoms with Crippen LogP contribution in [0.1, 0.15) is 103 Å². The number of hydrogen-bond acceptors (Lipinski definition) is 11. The average molecular weight is 729 g/mol. The van der Waals surface area contributed by atoms with E-state index in [1.165, 1.54) is 18.4 Å². The first kappa shape index (κ1) is 44.4. The maximum atomic E-state index is 6.19. The number of hydrogen-bond donors (Lipinski definition) is 0. The second-order valence-electron chi connectivity index (χ2n) is 13.5. The van der Waals surface area contributed by atoms with E-state index in [9.17, 15) is 0 Å². The average Bonchev–Trinajstić information content (AvgIpc) is 3.17. The summed E-state index contributed by atoms with van der Waals surface area (Å²) in [5, 5.41) is 0. The Kier molecular flexibility index (Phi) is 29.3. The summed E-state index contributed by atoms with van der Waals surface area (Å²) in [6.07, 6.45) is 24.2. The van der Waals surface area contributed by atoms with Gasteiger partial charge >= 0.3 is 0 Å². The summed E-state index contributed by atoms with van der Waals surface area (Å²) in [5.41, 5.74) is 1.25. The molecule has 0 aromatic carbocycles. The van der Waals surface area contributed by atoms with Crippen LogP contribution in [0.3, 0.4) is 0 Å². The zero-order valence-electron chi connectivity index (χ0n) is 31.8. The molecule has 2 saturated heterocycles. The molecule has 11 nitrogen and oxygen atoms in total. The van der Waals surface area contributed by atoms with Gasteiger partial charge in [0.15, 0.2) is 12.6 Å². The van der Waals surface area contributed by atoms with Crippen molar-refractivity contribution in [3.8, 4) is 0 Å². The second-order valence-corrected chi connectivity index (χ2v) is 13.5. The van der Waals surface area contributed by atoms with E-state index >= 15 is 0 Å². The maximum absolute atomic E-state index is 6.19. The number of rotatable bonds is 35. The van der Waals surface area contributed by atoms with Gasteiger partial charge in [-0.15, -0.1) is 0 Å². The van der Waals surface area contributed by atoms with Crippen molar-refractivity contribution >= 4 is 0 Å². The fourth-order valence-electron chi connectivity index (χ4n) is 5.90. The van der Waals surface area contributed by atoms with E-state index in [1.807, 2.05) is 0 Å². The first-order chi connectivity index (χ1) is 25.4. The van der Waals surface area contributed by atoms with E-state index in [2.05, 4.69) is 18.2 Å². The van der Waals surface area contributed by atoms with Crippen LogP contribution in [-0.2, 0) is 52.1 Å². The Hall–Kier alpha value is -0.960. The summed E-state index contributed by atoms with van der Waals surface area (Å²) in [7, 11) is 0. The van der Waals surface area contributed by atoms with Crippen LogP contribution in [0.2, 0.25) is 0 Å². The lowest BCUT2D eigenvalue weighted by Gasteiger charge is -2.22. The van der Waals surface area contributed by atoms with Crippen LogP contribution in [0, 0.1) is 0 Å². The fourth-order valence-corrected chi connectivity index (χ4v) is 5.90. The van der Waals surface area contributed by atoms with Gasteiger partial charge in [0.25, 0.3) is 0 Å². The first-order valence-electron chi connectivity index (χ1n) is 20.3. The second kappa shape index (κ2) is 33.6. The summed E-state index contributed by atoms with van der Waals surface area (Å²) in [5.74, 6) is 0. The predicted octanol–water partition coefficient (Wildman–Crippen LogP) is 6.95. The number of allylic oxidation sites excluding steroid dienone is 2. The molecule has 0 saturated carbocycles. The van der Waals surface area contributed by atoms with Crippen LogP contribution < -0.4 is 0 Å². The largest absolute Gasteiger partial charge is 0.379 e. The van der Waals surface area contributed by atoms with Gasteiger partial charge < -0.3 is 52.1 Å². The Morgan fingerprint density at radius 2 is 1.02 bits per heavy atom. The maximum Gasteiger partial charge on any atom is 0.157 e. The number of ether oxygens (including phenoxy) is 11. The molecule has 298 valence electrons. The van der Waals surface area contributed by atoms with E-state index in [0.29, 0.717) is 79.3 Å². The minimum atomic E-state index is -0.0874. The minimum absolute atomic E-state index is 0.00499. The van der Waals surface area contributed by atoms with E-state index in [-0.39, 0.29) is 18.7 Å². The quantitative estimate of drug-likeness (QED) is 0.0634. The third-order valence-corrected chi connectivity index (χ3v) is 8.89. The molecule has 0 N–H and O–H groups in total. The van der Waals surface area contributed by atoms with Crippen LogP contribution in [0.25, 0.3) is 0 Å². The monoisotopic (exact) mass is 729 g/mol. The predicted molar refractivity (Wildman–Crippen MR) is 197 cm³/mol. The van der Waals surface area contributed by atoms with Crippen LogP contribution in [0.4, 0.5) is 0 Å². The molecule has 1 aliphatic carbocycles. The Balaban J connectivity index is 1.12. The highest BCUT2D eigenvalue weighted by molar-refractivity contribution is 5.22. The topological polar surface area (TPSA) is 102 Å². The normalized spacial score (nSPS) is 20.1. The van der Waals surface area contributed by atoms with Crippen LogP contribution in [0.15, 0.2) is 23.8 Å². The molecular formula is C40H72O11. The van der Waals surface area contributed by atoms with Crippen molar-refractivity contribution in [3.05, 3.63) is 23.8 Å². The molecule has 3 rings (SSSR count). The summed E-state index contributed by atoms with van der Waals surface area (Å²) < 4.78 is 63.6. The van der Waals surface area contributed by atoms with Crippen molar-refractivity contribution in [2.24, 2.45) is 0 Å². The Morgan fingerprint density at radius 1 is 0.510 bits per heavy atom. The molecule has 3 aliphatic rings. The van der Waals surface area contributed by atoms with Crippen LogP contribution in [0.5, 0.6) is 0 Å². The van der Waals surface area contributed by atoms with Gasteiger partial charge in [0, 0.05) is 39.6 Å². The van der Waals surface area contributed by atoms with Gasteiger partial charge in [0.2, 0.25) is 0 Å². The molecule has 0 amide bonds. The summed E-state index contributed by atoms with van der Waals surface area (Å²) in [6, 6.07) is 0. The molecule has 2 aliphatic heterocycles. The SMILES string of the molecule is C1=CC(COCCOCCOCCOCCOCC(COCCCCCCOC2CCCCO2)OCCCCCCOC2CCCCO2)=CCC1. The molecule has 0 aromatic heterocycles. The highest BCUT2D eigenvalue weighted by Crippen LogP contribution is 2.16. The van der Waals surface area contributed by atoms with Crippen molar-refractivity contribution in [2.75, 3.05) is 112 Å². The highest BCUT2D eigenvalue weighted by atomic mass is 16.7. The summed E-state index contributed by atoms with van der Waals surface area (Å²) in [4.78, 5) is 0. The van der Waals surface area contributed by atoms with Gasteiger partial charge in [-0.25, -0.2) is 0 Å². The van der Waals surface area contributed by atoms with Gasteiger partial charge in [-0.3, -0.25) is 0 Å². The van der Waals surface area contributed by atoms with E-state index in [4.69, 9.17) is 52.1 Å². The molecule has 11 heteroatoms. The molecule has 3 atom stereocenters. The third-order valence-electron chi connectivity index (χ3n) is 8.89. The zero-order chi connectivity index (χ0) is 35.5. The van der Waals surface area contributed by atoms with E-state index in [1.54, 1.807) is 0 Å². The zero-order valence-corrected chi connectivity index (χ0v) is 31.8. The van der Waals surface area contributed by atoms with Crippen LogP contribution in [-0.4, -0.2) is 131 Å². The first-order valence-corrected chi connectivity index (χ1v) is 20.3. The molecular weight excluding hydrogens is 656 g/mol. The molecule has 2 fully saturated rings. The fraction of sp³-hybridized carbons (Fsp3) is 0.900. The lowest BCUT2D eigenvalue weighted by molar-refractivity contribution is -0.163. The molecule has 3 unspecified atom stereocenters. The van der Waals surface area contributed by atoms with Crippen molar-refractivity contribution < 1.29 is 52.1 Å². The van der Waals surface area contributed by atoms with Crippen molar-refractivity contribution in [3.63, 3.8) is 0 Å². The molecule has 0 spiro atoms. The summed E-state index contributed by atoms with van der Waals surface area (Å²) in [6.45, 7) is 10.7. The number of unbranched alkanes of at least 4 members (excludes halogenated alkanes) is 6. The van der Waals surface area contributed by atoms with Gasteiger partial charge in [-0.1, -0.05) is 43.9 Å². The van der Waals surface area contributed by atoms with E-state index in [0.717, 1.165) is 123 Å². The van der Waals surface area contributed by atoms with Gasteiger partial charge in [-0.05, 0) is 82.6 Å². The molecule has 0 radical (unpaired) electrons. The smallest absolute Gasteiger partial charge is 0.157 e. The minimum Gasteiger partial charge on any atom is -0.379 e. The highest BCUT2D eigenvalue weighted by Gasteiger charge is 2.15. The lowest BCUT2D eigenvalue weighted by Crippen LogP contribution is -2.27. The standard InChI is InChI=1S/C40H72O11/c1(2-12-22-48-39-18-8-14-24-50-39)10-20-44-35-38(47-21-11-3-4-13-23-49-40-19-9-15-25-51-40)36-46-33-31-43-29-27-41-26-28-42-30-32-45-34-37-16-6-5-7-17-37/h6,16-17,38-40H,1-5,7-15,18-36H2. The van der Waals surface area contributed by atoms with Crippen molar-refractivity contribution in [1.29, 1.82) is 0 Å².